The highest BCUT2D eigenvalue weighted by Crippen LogP contribution is 2.20. The molecule has 0 aliphatic carbocycles. The van der Waals surface area contributed by atoms with Gasteiger partial charge in [-0.25, -0.2) is 0 Å². The molecule has 1 rings (SSSR count). The molecule has 0 aliphatic heterocycles. The maximum absolute atomic E-state index is 3.66. The minimum Gasteiger partial charge on any atom is -0.309 e. The van der Waals surface area contributed by atoms with E-state index in [4.69, 9.17) is 0 Å². The van der Waals surface area contributed by atoms with Crippen molar-refractivity contribution >= 4 is 0 Å². The molecule has 0 bridgehead atoms. The third-order valence-corrected chi connectivity index (χ3v) is 3.77. The van der Waals surface area contributed by atoms with E-state index in [0.29, 0.717) is 6.04 Å². The van der Waals surface area contributed by atoms with Gasteiger partial charge in [-0.1, -0.05) is 44.5 Å². The first kappa shape index (κ1) is 17.2. The van der Waals surface area contributed by atoms with Gasteiger partial charge in [-0.05, 0) is 57.5 Å². The molecule has 0 aliphatic rings. The topological polar surface area (TPSA) is 15.3 Å². The van der Waals surface area contributed by atoms with Gasteiger partial charge >= 0.3 is 0 Å². The molecule has 20 heavy (non-hydrogen) atoms. The summed E-state index contributed by atoms with van der Waals surface area (Å²) in [6.45, 7) is 15.6. The standard InChI is InChI=1S/C18H32N2/c1-6-11-20(12-7-2)14-18(19-8-3)17-10-9-15(4)13-16(17)5/h9-10,13,18-19H,6-8,11-12,14H2,1-5H3. The Hall–Kier alpha value is -0.860. The third-order valence-electron chi connectivity index (χ3n) is 3.77. The Kier molecular flexibility index (Phi) is 7.86. The van der Waals surface area contributed by atoms with Crippen molar-refractivity contribution < 1.29 is 0 Å². The summed E-state index contributed by atoms with van der Waals surface area (Å²) in [4.78, 5) is 2.59. The van der Waals surface area contributed by atoms with Crippen LogP contribution in [0.2, 0.25) is 0 Å². The van der Waals surface area contributed by atoms with Crippen LogP contribution in [0.4, 0.5) is 0 Å². The second-order valence-electron chi connectivity index (χ2n) is 5.77. The van der Waals surface area contributed by atoms with E-state index in [0.717, 1.165) is 13.1 Å². The molecular formula is C18H32N2. The first-order valence-corrected chi connectivity index (χ1v) is 8.15. The molecule has 0 spiro atoms. The van der Waals surface area contributed by atoms with Crippen molar-refractivity contribution in [2.24, 2.45) is 0 Å². The normalized spacial score (nSPS) is 12.9. The minimum atomic E-state index is 0.443. The Morgan fingerprint density at radius 3 is 2.20 bits per heavy atom. The highest BCUT2D eigenvalue weighted by atomic mass is 15.1. The fourth-order valence-corrected chi connectivity index (χ4v) is 2.92. The van der Waals surface area contributed by atoms with Gasteiger partial charge in [-0.15, -0.1) is 0 Å². The van der Waals surface area contributed by atoms with Crippen LogP contribution in [0.3, 0.4) is 0 Å². The smallest absolute Gasteiger partial charge is 0.0451 e. The zero-order valence-corrected chi connectivity index (χ0v) is 14.0. The maximum Gasteiger partial charge on any atom is 0.0451 e. The zero-order chi connectivity index (χ0) is 15.0. The van der Waals surface area contributed by atoms with Crippen LogP contribution in [0, 0.1) is 13.8 Å². The van der Waals surface area contributed by atoms with Gasteiger partial charge < -0.3 is 10.2 Å². The van der Waals surface area contributed by atoms with Gasteiger partial charge in [0, 0.05) is 12.6 Å². The molecule has 0 heterocycles. The van der Waals surface area contributed by atoms with Crippen molar-refractivity contribution in [3.63, 3.8) is 0 Å². The van der Waals surface area contributed by atoms with Crippen LogP contribution in [-0.2, 0) is 0 Å². The predicted octanol–water partition coefficient (Wildman–Crippen LogP) is 4.08. The molecule has 1 aromatic carbocycles. The SMILES string of the molecule is CCCN(CCC)CC(NCC)c1ccc(C)cc1C. The van der Waals surface area contributed by atoms with E-state index in [9.17, 15) is 0 Å². The quantitative estimate of drug-likeness (QED) is 0.731. The van der Waals surface area contributed by atoms with Crippen LogP contribution < -0.4 is 5.32 Å². The lowest BCUT2D eigenvalue weighted by molar-refractivity contribution is 0.243. The van der Waals surface area contributed by atoms with Crippen molar-refractivity contribution in [3.05, 3.63) is 34.9 Å². The second-order valence-corrected chi connectivity index (χ2v) is 5.77. The lowest BCUT2D eigenvalue weighted by atomic mass is 9.98. The van der Waals surface area contributed by atoms with Gasteiger partial charge in [0.05, 0.1) is 0 Å². The van der Waals surface area contributed by atoms with Gasteiger partial charge in [0.25, 0.3) is 0 Å². The Morgan fingerprint density at radius 2 is 1.70 bits per heavy atom. The zero-order valence-electron chi connectivity index (χ0n) is 14.0. The number of hydrogen-bond donors (Lipinski definition) is 1. The molecule has 114 valence electrons. The molecule has 1 atom stereocenters. The highest BCUT2D eigenvalue weighted by molar-refractivity contribution is 5.33. The van der Waals surface area contributed by atoms with E-state index in [1.54, 1.807) is 0 Å². The number of benzene rings is 1. The molecule has 2 heteroatoms. The van der Waals surface area contributed by atoms with Gasteiger partial charge in [0.2, 0.25) is 0 Å². The molecule has 0 amide bonds. The monoisotopic (exact) mass is 276 g/mol. The predicted molar refractivity (Wildman–Crippen MR) is 89.4 cm³/mol. The first-order chi connectivity index (χ1) is 9.62. The average molecular weight is 276 g/mol. The Morgan fingerprint density at radius 1 is 1.05 bits per heavy atom. The van der Waals surface area contributed by atoms with Crippen molar-refractivity contribution in [2.45, 2.75) is 53.5 Å². The number of hydrogen-bond acceptors (Lipinski definition) is 2. The Balaban J connectivity index is 2.86. The summed E-state index contributed by atoms with van der Waals surface area (Å²) in [6.07, 6.45) is 2.46. The van der Waals surface area contributed by atoms with Crippen molar-refractivity contribution in [1.82, 2.24) is 10.2 Å². The third kappa shape index (κ3) is 5.26. The molecular weight excluding hydrogens is 244 g/mol. The molecule has 0 saturated heterocycles. The minimum absolute atomic E-state index is 0.443. The highest BCUT2D eigenvalue weighted by Gasteiger charge is 2.16. The van der Waals surface area contributed by atoms with Crippen LogP contribution in [-0.4, -0.2) is 31.1 Å². The van der Waals surface area contributed by atoms with E-state index in [1.807, 2.05) is 0 Å². The Labute approximate surface area is 125 Å². The van der Waals surface area contributed by atoms with Gasteiger partial charge in [-0.3, -0.25) is 0 Å². The van der Waals surface area contributed by atoms with Crippen LogP contribution in [0.5, 0.6) is 0 Å². The van der Waals surface area contributed by atoms with Crippen LogP contribution >= 0.6 is 0 Å². The van der Waals surface area contributed by atoms with Crippen molar-refractivity contribution in [1.29, 1.82) is 0 Å². The van der Waals surface area contributed by atoms with Crippen molar-refractivity contribution in [3.8, 4) is 0 Å². The fourth-order valence-electron chi connectivity index (χ4n) is 2.92. The van der Waals surface area contributed by atoms with Gasteiger partial charge in [-0.2, -0.15) is 0 Å². The molecule has 0 radical (unpaired) electrons. The fraction of sp³-hybridized carbons (Fsp3) is 0.667. The summed E-state index contributed by atoms with van der Waals surface area (Å²) in [5.74, 6) is 0. The molecule has 0 aromatic heterocycles. The summed E-state index contributed by atoms with van der Waals surface area (Å²) in [5.41, 5.74) is 4.21. The van der Waals surface area contributed by atoms with E-state index in [1.165, 1.54) is 42.6 Å². The molecule has 1 N–H and O–H groups in total. The van der Waals surface area contributed by atoms with Crippen LogP contribution in [0.1, 0.15) is 56.3 Å². The summed E-state index contributed by atoms with van der Waals surface area (Å²) >= 11 is 0. The average Bonchev–Trinajstić information content (AvgIpc) is 2.39. The number of aryl methyl sites for hydroxylation is 2. The number of likely N-dealkylation sites (N-methyl/N-ethyl adjacent to an activating group) is 1. The molecule has 0 fully saturated rings. The first-order valence-electron chi connectivity index (χ1n) is 8.15. The number of rotatable bonds is 9. The summed E-state index contributed by atoms with van der Waals surface area (Å²) < 4.78 is 0. The maximum atomic E-state index is 3.66. The van der Waals surface area contributed by atoms with Crippen LogP contribution in [0.25, 0.3) is 0 Å². The summed E-state index contributed by atoms with van der Waals surface area (Å²) in [5, 5.41) is 3.66. The van der Waals surface area contributed by atoms with E-state index < -0.39 is 0 Å². The van der Waals surface area contributed by atoms with E-state index >= 15 is 0 Å². The molecule has 2 nitrogen and oxygen atoms in total. The van der Waals surface area contributed by atoms with Crippen LogP contribution in [0.15, 0.2) is 18.2 Å². The lowest BCUT2D eigenvalue weighted by Gasteiger charge is -2.28. The second kappa shape index (κ2) is 9.15. The van der Waals surface area contributed by atoms with Gasteiger partial charge in [0.1, 0.15) is 0 Å². The largest absolute Gasteiger partial charge is 0.309 e. The van der Waals surface area contributed by atoms with E-state index in [2.05, 4.69) is 63.0 Å². The lowest BCUT2D eigenvalue weighted by Crippen LogP contribution is -2.36. The number of nitrogens with zero attached hydrogens (tertiary/aromatic N) is 1. The molecule has 1 unspecified atom stereocenters. The summed E-state index contributed by atoms with van der Waals surface area (Å²) in [7, 11) is 0. The molecule has 1 aromatic rings. The van der Waals surface area contributed by atoms with Gasteiger partial charge in [0.15, 0.2) is 0 Å². The summed E-state index contributed by atoms with van der Waals surface area (Å²) in [6, 6.07) is 7.27. The Bertz CT molecular complexity index is 381. The number of nitrogens with one attached hydrogen (secondary N) is 1. The van der Waals surface area contributed by atoms with E-state index in [-0.39, 0.29) is 0 Å². The van der Waals surface area contributed by atoms with Crippen molar-refractivity contribution in [2.75, 3.05) is 26.2 Å². The molecule has 0 saturated carbocycles.